The molecule has 0 amide bonds. The van der Waals surface area contributed by atoms with Crippen LogP contribution in [0.15, 0.2) is 45.8 Å². The van der Waals surface area contributed by atoms with E-state index in [1.165, 1.54) is 16.8 Å². The molecule has 0 N–H and O–H groups in total. The van der Waals surface area contributed by atoms with E-state index in [9.17, 15) is 9.18 Å². The molecule has 2 aromatic rings. The minimum Gasteiger partial charge on any atom is -0.308 e. The van der Waals surface area contributed by atoms with Gasteiger partial charge in [-0.15, -0.1) is 0 Å². The predicted molar refractivity (Wildman–Crippen MR) is 68.9 cm³/mol. The maximum absolute atomic E-state index is 13.3. The van der Waals surface area contributed by atoms with Gasteiger partial charge in [-0.2, -0.15) is 0 Å². The van der Waals surface area contributed by atoms with E-state index in [4.69, 9.17) is 11.6 Å². The van der Waals surface area contributed by atoms with Gasteiger partial charge in [0.2, 0.25) is 0 Å². The van der Waals surface area contributed by atoms with Crippen LogP contribution in [0.4, 0.5) is 4.39 Å². The van der Waals surface area contributed by atoms with Crippen molar-refractivity contribution in [1.82, 2.24) is 4.57 Å². The first-order valence-corrected chi connectivity index (χ1v) is 6.03. The molecule has 0 spiro atoms. The van der Waals surface area contributed by atoms with Gasteiger partial charge >= 0.3 is 0 Å². The smallest absolute Gasteiger partial charge is 0.252 e. The van der Waals surface area contributed by atoms with Crippen LogP contribution < -0.4 is 5.56 Å². The van der Waals surface area contributed by atoms with Gasteiger partial charge in [0.05, 0.1) is 11.0 Å². The van der Waals surface area contributed by atoms with Gasteiger partial charge in [0.15, 0.2) is 5.82 Å². The highest BCUT2D eigenvalue weighted by atomic mass is 79.9. The summed E-state index contributed by atoms with van der Waals surface area (Å²) >= 11 is 8.81. The molecule has 0 saturated carbocycles. The topological polar surface area (TPSA) is 22.0 Å². The van der Waals surface area contributed by atoms with Crippen LogP contribution in [0.2, 0.25) is 5.02 Å². The fourth-order valence-electron chi connectivity index (χ4n) is 1.48. The Bertz CT molecular complexity index is 612. The number of benzene rings is 1. The number of halogens is 3. The van der Waals surface area contributed by atoms with Crippen molar-refractivity contribution in [3.63, 3.8) is 0 Å². The van der Waals surface area contributed by atoms with E-state index in [0.717, 1.165) is 5.56 Å². The Morgan fingerprint density at radius 1 is 1.35 bits per heavy atom. The first-order valence-electron chi connectivity index (χ1n) is 4.86. The molecule has 0 aliphatic carbocycles. The van der Waals surface area contributed by atoms with Crippen molar-refractivity contribution in [2.24, 2.45) is 0 Å². The molecule has 88 valence electrons. The van der Waals surface area contributed by atoms with E-state index >= 15 is 0 Å². The molecule has 17 heavy (non-hydrogen) atoms. The summed E-state index contributed by atoms with van der Waals surface area (Å²) in [5, 5.41) is 0.591. The van der Waals surface area contributed by atoms with Gasteiger partial charge in [0, 0.05) is 17.3 Å². The average Bonchev–Trinajstić information content (AvgIpc) is 2.26. The van der Waals surface area contributed by atoms with Crippen molar-refractivity contribution in [3.8, 4) is 0 Å². The molecular formula is C12H8BrClFNO. The normalized spacial score (nSPS) is 10.5. The Morgan fingerprint density at radius 3 is 2.82 bits per heavy atom. The summed E-state index contributed by atoms with van der Waals surface area (Å²) < 4.78 is 14.8. The number of aromatic nitrogens is 1. The molecule has 1 aromatic carbocycles. The van der Waals surface area contributed by atoms with Crippen molar-refractivity contribution in [2.75, 3.05) is 0 Å². The van der Waals surface area contributed by atoms with Crippen molar-refractivity contribution >= 4 is 27.5 Å². The standard InChI is InChI=1S/C12H8BrClFNO/c13-10-5-12(17)16(7-11(10)15)6-8-2-1-3-9(14)4-8/h1-5,7H,6H2. The van der Waals surface area contributed by atoms with E-state index in [0.29, 0.717) is 11.6 Å². The summed E-state index contributed by atoms with van der Waals surface area (Å²) in [5.74, 6) is -0.466. The SMILES string of the molecule is O=c1cc(Br)c(F)cn1Cc1cccc(Cl)c1. The Kier molecular flexibility index (Phi) is 3.64. The second-order valence-electron chi connectivity index (χ2n) is 3.57. The van der Waals surface area contributed by atoms with Gasteiger partial charge in [-0.3, -0.25) is 4.79 Å². The number of nitrogens with zero attached hydrogens (tertiary/aromatic N) is 1. The Morgan fingerprint density at radius 2 is 2.12 bits per heavy atom. The zero-order chi connectivity index (χ0) is 12.4. The first kappa shape index (κ1) is 12.3. The lowest BCUT2D eigenvalue weighted by molar-refractivity contribution is 0.589. The predicted octanol–water partition coefficient (Wildman–Crippen LogP) is 3.45. The van der Waals surface area contributed by atoms with Crippen LogP contribution in [0, 0.1) is 5.82 Å². The van der Waals surface area contributed by atoms with Crippen LogP contribution in [0.3, 0.4) is 0 Å². The second kappa shape index (κ2) is 5.02. The molecule has 0 bridgehead atoms. The minimum atomic E-state index is -0.466. The number of rotatable bonds is 2. The van der Waals surface area contributed by atoms with Crippen LogP contribution in [-0.2, 0) is 6.54 Å². The van der Waals surface area contributed by atoms with Crippen LogP contribution in [0.1, 0.15) is 5.56 Å². The first-order chi connectivity index (χ1) is 8.06. The molecule has 1 heterocycles. The van der Waals surface area contributed by atoms with Crippen LogP contribution >= 0.6 is 27.5 Å². The Hall–Kier alpha value is -1.13. The molecule has 0 saturated heterocycles. The highest BCUT2D eigenvalue weighted by Crippen LogP contribution is 2.14. The third kappa shape index (κ3) is 2.96. The maximum Gasteiger partial charge on any atom is 0.252 e. The summed E-state index contributed by atoms with van der Waals surface area (Å²) in [5.41, 5.74) is 0.583. The fourth-order valence-corrected chi connectivity index (χ4v) is 1.99. The lowest BCUT2D eigenvalue weighted by Crippen LogP contribution is -2.20. The van der Waals surface area contributed by atoms with E-state index in [2.05, 4.69) is 15.9 Å². The van der Waals surface area contributed by atoms with Crippen molar-refractivity contribution in [1.29, 1.82) is 0 Å². The van der Waals surface area contributed by atoms with E-state index in [1.807, 2.05) is 6.07 Å². The summed E-state index contributed by atoms with van der Waals surface area (Å²) in [7, 11) is 0. The zero-order valence-corrected chi connectivity index (χ0v) is 11.0. The molecule has 0 aliphatic rings. The van der Waals surface area contributed by atoms with Gasteiger partial charge in [-0.25, -0.2) is 4.39 Å². The lowest BCUT2D eigenvalue weighted by Gasteiger charge is -2.06. The van der Waals surface area contributed by atoms with Crippen molar-refractivity contribution < 1.29 is 4.39 Å². The molecule has 0 fully saturated rings. The molecule has 0 aliphatic heterocycles. The summed E-state index contributed by atoms with van der Waals surface area (Å²) in [6, 6.07) is 8.32. The van der Waals surface area contributed by atoms with Crippen molar-refractivity contribution in [2.45, 2.75) is 6.54 Å². The molecule has 0 radical (unpaired) electrons. The van der Waals surface area contributed by atoms with Gasteiger partial charge in [-0.05, 0) is 33.6 Å². The lowest BCUT2D eigenvalue weighted by atomic mass is 10.2. The number of hydrogen-bond acceptors (Lipinski definition) is 1. The Labute approximate surface area is 111 Å². The molecule has 0 unspecified atom stereocenters. The highest BCUT2D eigenvalue weighted by molar-refractivity contribution is 9.10. The molecular weight excluding hydrogens is 308 g/mol. The molecule has 5 heteroatoms. The van der Waals surface area contributed by atoms with Gasteiger partial charge in [0.1, 0.15) is 0 Å². The summed E-state index contributed by atoms with van der Waals surface area (Å²) in [4.78, 5) is 11.6. The molecule has 2 rings (SSSR count). The highest BCUT2D eigenvalue weighted by Gasteiger charge is 2.04. The zero-order valence-electron chi connectivity index (χ0n) is 8.66. The van der Waals surface area contributed by atoms with Gasteiger partial charge < -0.3 is 4.57 Å². The molecule has 1 aromatic heterocycles. The largest absolute Gasteiger partial charge is 0.308 e. The monoisotopic (exact) mass is 315 g/mol. The molecule has 2 nitrogen and oxygen atoms in total. The van der Waals surface area contributed by atoms with Crippen LogP contribution in [-0.4, -0.2) is 4.57 Å². The Balaban J connectivity index is 2.37. The fraction of sp³-hybridized carbons (Fsp3) is 0.0833. The summed E-state index contributed by atoms with van der Waals surface area (Å²) in [6.07, 6.45) is 1.17. The van der Waals surface area contributed by atoms with E-state index < -0.39 is 5.82 Å². The van der Waals surface area contributed by atoms with Gasteiger partial charge in [-0.1, -0.05) is 23.7 Å². The maximum atomic E-state index is 13.3. The third-order valence-corrected chi connectivity index (χ3v) is 3.12. The van der Waals surface area contributed by atoms with Crippen LogP contribution in [0.25, 0.3) is 0 Å². The summed E-state index contributed by atoms with van der Waals surface area (Å²) in [6.45, 7) is 0.295. The average molecular weight is 317 g/mol. The van der Waals surface area contributed by atoms with E-state index in [-0.39, 0.29) is 10.0 Å². The number of hydrogen-bond donors (Lipinski definition) is 0. The van der Waals surface area contributed by atoms with Crippen molar-refractivity contribution in [3.05, 3.63) is 67.8 Å². The minimum absolute atomic E-state index is 0.171. The van der Waals surface area contributed by atoms with E-state index in [1.54, 1.807) is 18.2 Å². The molecule has 0 atom stereocenters. The van der Waals surface area contributed by atoms with Gasteiger partial charge in [0.25, 0.3) is 5.56 Å². The van der Waals surface area contributed by atoms with Crippen LogP contribution in [0.5, 0.6) is 0 Å². The third-order valence-electron chi connectivity index (χ3n) is 2.27. The quantitative estimate of drug-likeness (QED) is 0.832. The second-order valence-corrected chi connectivity index (χ2v) is 4.86. The number of pyridine rings is 1.